The van der Waals surface area contributed by atoms with E-state index in [0.717, 1.165) is 11.4 Å². The van der Waals surface area contributed by atoms with Crippen LogP contribution in [0.15, 0.2) is 60.7 Å². The maximum atomic E-state index is 12.3. The maximum Gasteiger partial charge on any atom is 0.276 e. The van der Waals surface area contributed by atoms with E-state index in [1.54, 1.807) is 43.5 Å². The summed E-state index contributed by atoms with van der Waals surface area (Å²) in [5, 5.41) is 13.8. The van der Waals surface area contributed by atoms with Crippen molar-refractivity contribution in [1.29, 1.82) is 0 Å². The molecule has 0 bridgehead atoms. The molecule has 0 aliphatic carbocycles. The van der Waals surface area contributed by atoms with Crippen LogP contribution >= 0.6 is 0 Å². The van der Waals surface area contributed by atoms with Crippen molar-refractivity contribution in [2.45, 2.75) is 6.92 Å². The van der Waals surface area contributed by atoms with Crippen molar-refractivity contribution >= 4 is 28.9 Å². The number of methoxy groups -OCH3 is 1. The SMILES string of the molecule is COc1cccc(Nc2ccc(C(=O)Nc3ccc(C(C)=O)cc3)nn2)c1. The molecule has 0 unspecified atom stereocenters. The van der Waals surface area contributed by atoms with Crippen LogP contribution in [0.4, 0.5) is 17.2 Å². The second kappa shape index (κ2) is 8.09. The molecule has 0 spiro atoms. The highest BCUT2D eigenvalue weighted by atomic mass is 16.5. The van der Waals surface area contributed by atoms with Crippen LogP contribution in [0.25, 0.3) is 0 Å². The van der Waals surface area contributed by atoms with Gasteiger partial charge in [0.15, 0.2) is 17.3 Å². The molecule has 3 aromatic rings. The minimum atomic E-state index is -0.383. The molecule has 0 fully saturated rings. The minimum Gasteiger partial charge on any atom is -0.497 e. The van der Waals surface area contributed by atoms with Crippen molar-refractivity contribution in [3.8, 4) is 5.75 Å². The lowest BCUT2D eigenvalue weighted by atomic mass is 10.1. The summed E-state index contributed by atoms with van der Waals surface area (Å²) >= 11 is 0. The Morgan fingerprint density at radius 2 is 1.70 bits per heavy atom. The first kappa shape index (κ1) is 18.1. The molecule has 0 radical (unpaired) electrons. The summed E-state index contributed by atoms with van der Waals surface area (Å²) in [7, 11) is 1.60. The van der Waals surface area contributed by atoms with E-state index >= 15 is 0 Å². The highest BCUT2D eigenvalue weighted by Crippen LogP contribution is 2.20. The molecular weight excluding hydrogens is 344 g/mol. The number of aromatic nitrogens is 2. The zero-order valence-corrected chi connectivity index (χ0v) is 14.9. The summed E-state index contributed by atoms with van der Waals surface area (Å²) in [5.74, 6) is 0.814. The summed E-state index contributed by atoms with van der Waals surface area (Å²) in [6, 6.07) is 17.3. The number of anilines is 3. The molecule has 0 aliphatic heterocycles. The van der Waals surface area contributed by atoms with E-state index in [4.69, 9.17) is 4.74 Å². The van der Waals surface area contributed by atoms with Crippen LogP contribution < -0.4 is 15.4 Å². The standard InChI is InChI=1S/C20H18N4O3/c1-13(25)14-6-8-15(9-7-14)22-20(26)18-10-11-19(24-23-18)21-16-4-3-5-17(12-16)27-2/h3-12H,1-2H3,(H,21,24)(H,22,26). The largest absolute Gasteiger partial charge is 0.497 e. The number of carbonyl (C=O) groups is 2. The van der Waals surface area contributed by atoms with Gasteiger partial charge < -0.3 is 15.4 Å². The van der Waals surface area contributed by atoms with Gasteiger partial charge in [0.25, 0.3) is 5.91 Å². The molecule has 0 saturated heterocycles. The third kappa shape index (κ3) is 4.66. The Labute approximate surface area is 156 Å². The maximum absolute atomic E-state index is 12.3. The molecule has 2 aromatic carbocycles. The van der Waals surface area contributed by atoms with Gasteiger partial charge in [-0.2, -0.15) is 0 Å². The van der Waals surface area contributed by atoms with Crippen molar-refractivity contribution in [1.82, 2.24) is 10.2 Å². The smallest absolute Gasteiger partial charge is 0.276 e. The van der Waals surface area contributed by atoms with Gasteiger partial charge in [-0.1, -0.05) is 6.07 Å². The Morgan fingerprint density at radius 3 is 2.33 bits per heavy atom. The zero-order chi connectivity index (χ0) is 19.2. The molecule has 1 aromatic heterocycles. The van der Waals surface area contributed by atoms with Gasteiger partial charge in [0.2, 0.25) is 0 Å². The number of benzene rings is 2. The number of nitrogens with zero attached hydrogens (tertiary/aromatic N) is 2. The fourth-order valence-electron chi connectivity index (χ4n) is 2.35. The summed E-state index contributed by atoms with van der Waals surface area (Å²) in [6.45, 7) is 1.49. The molecule has 0 aliphatic rings. The molecule has 136 valence electrons. The van der Waals surface area contributed by atoms with Gasteiger partial charge in [-0.25, -0.2) is 0 Å². The summed E-state index contributed by atoms with van der Waals surface area (Å²) in [4.78, 5) is 23.5. The van der Waals surface area contributed by atoms with Crippen LogP contribution in [0.2, 0.25) is 0 Å². The van der Waals surface area contributed by atoms with E-state index in [-0.39, 0.29) is 17.4 Å². The van der Waals surface area contributed by atoms with Crippen LogP contribution in [0.3, 0.4) is 0 Å². The molecule has 7 heteroatoms. The lowest BCUT2D eigenvalue weighted by Gasteiger charge is -2.08. The molecule has 0 saturated carbocycles. The third-order valence-electron chi connectivity index (χ3n) is 3.79. The van der Waals surface area contributed by atoms with E-state index < -0.39 is 0 Å². The topological polar surface area (TPSA) is 93.2 Å². The highest BCUT2D eigenvalue weighted by molar-refractivity contribution is 6.03. The van der Waals surface area contributed by atoms with Crippen molar-refractivity contribution < 1.29 is 14.3 Å². The Hall–Kier alpha value is -3.74. The first-order valence-corrected chi connectivity index (χ1v) is 8.22. The number of hydrogen-bond donors (Lipinski definition) is 2. The van der Waals surface area contributed by atoms with Crippen LogP contribution in [0.1, 0.15) is 27.8 Å². The molecule has 1 amide bonds. The van der Waals surface area contributed by atoms with Gasteiger partial charge in [-0.05, 0) is 55.5 Å². The molecule has 1 heterocycles. The average molecular weight is 362 g/mol. The molecule has 7 nitrogen and oxygen atoms in total. The van der Waals surface area contributed by atoms with Crippen molar-refractivity contribution in [2.24, 2.45) is 0 Å². The number of rotatable bonds is 6. The van der Waals surface area contributed by atoms with Crippen molar-refractivity contribution in [3.05, 3.63) is 71.9 Å². The van der Waals surface area contributed by atoms with E-state index in [9.17, 15) is 9.59 Å². The number of nitrogens with one attached hydrogen (secondary N) is 2. The Morgan fingerprint density at radius 1 is 0.926 bits per heavy atom. The minimum absolute atomic E-state index is 0.0298. The van der Waals surface area contributed by atoms with Gasteiger partial charge in [0, 0.05) is 23.0 Å². The van der Waals surface area contributed by atoms with Crippen molar-refractivity contribution in [3.63, 3.8) is 0 Å². The Bertz CT molecular complexity index is 954. The van der Waals surface area contributed by atoms with Gasteiger partial charge in [0.05, 0.1) is 7.11 Å². The summed E-state index contributed by atoms with van der Waals surface area (Å²) in [6.07, 6.45) is 0. The summed E-state index contributed by atoms with van der Waals surface area (Å²) in [5.41, 5.74) is 2.14. The lowest BCUT2D eigenvalue weighted by Crippen LogP contribution is -2.14. The number of ketones is 1. The average Bonchev–Trinajstić information content (AvgIpc) is 2.69. The van der Waals surface area contributed by atoms with Gasteiger partial charge >= 0.3 is 0 Å². The monoisotopic (exact) mass is 362 g/mol. The third-order valence-corrected chi connectivity index (χ3v) is 3.79. The highest BCUT2D eigenvalue weighted by Gasteiger charge is 2.09. The second-order valence-electron chi connectivity index (χ2n) is 5.75. The predicted octanol–water partition coefficient (Wildman–Crippen LogP) is 3.68. The fourth-order valence-corrected chi connectivity index (χ4v) is 2.35. The van der Waals surface area contributed by atoms with Crippen LogP contribution in [-0.4, -0.2) is 29.0 Å². The summed E-state index contributed by atoms with van der Waals surface area (Å²) < 4.78 is 5.17. The lowest BCUT2D eigenvalue weighted by molar-refractivity contribution is 0.101. The first-order valence-electron chi connectivity index (χ1n) is 8.22. The number of hydrogen-bond acceptors (Lipinski definition) is 6. The number of ether oxygens (including phenoxy) is 1. The number of amides is 1. The Kier molecular flexibility index (Phi) is 5.41. The zero-order valence-electron chi connectivity index (χ0n) is 14.9. The normalized spacial score (nSPS) is 10.1. The Balaban J connectivity index is 1.65. The number of carbonyl (C=O) groups excluding carboxylic acids is 2. The molecule has 3 rings (SSSR count). The quantitative estimate of drug-likeness (QED) is 0.650. The molecular formula is C20H18N4O3. The van der Waals surface area contributed by atoms with Gasteiger partial charge in [-0.3, -0.25) is 9.59 Å². The van der Waals surface area contributed by atoms with Crippen LogP contribution in [-0.2, 0) is 0 Å². The number of Topliss-reactive ketones (excluding diaryl/α,β-unsaturated/α-hetero) is 1. The molecule has 27 heavy (non-hydrogen) atoms. The van der Waals surface area contributed by atoms with Gasteiger partial charge in [0.1, 0.15) is 5.75 Å². The second-order valence-corrected chi connectivity index (χ2v) is 5.75. The predicted molar refractivity (Wildman–Crippen MR) is 103 cm³/mol. The molecule has 0 atom stereocenters. The van der Waals surface area contributed by atoms with E-state index in [0.29, 0.717) is 17.1 Å². The fraction of sp³-hybridized carbons (Fsp3) is 0.100. The van der Waals surface area contributed by atoms with Gasteiger partial charge in [-0.15, -0.1) is 10.2 Å². The van der Waals surface area contributed by atoms with E-state index in [1.165, 1.54) is 6.92 Å². The first-order chi connectivity index (χ1) is 13.0. The van der Waals surface area contributed by atoms with Crippen LogP contribution in [0, 0.1) is 0 Å². The van der Waals surface area contributed by atoms with Crippen molar-refractivity contribution in [2.75, 3.05) is 17.7 Å². The van der Waals surface area contributed by atoms with E-state index in [2.05, 4.69) is 20.8 Å². The van der Waals surface area contributed by atoms with Crippen LogP contribution in [0.5, 0.6) is 5.75 Å². The van der Waals surface area contributed by atoms with E-state index in [1.807, 2.05) is 24.3 Å². The molecule has 2 N–H and O–H groups in total.